The minimum absolute atomic E-state index is 0.970. The molecule has 0 fully saturated rings. The van der Waals surface area contributed by atoms with Gasteiger partial charge in [0.1, 0.15) is 6.26 Å². The molecule has 0 aromatic carbocycles. The van der Waals surface area contributed by atoms with Crippen LogP contribution in [0.5, 0.6) is 0 Å². The van der Waals surface area contributed by atoms with Crippen molar-refractivity contribution in [2.24, 2.45) is 5.73 Å². The molecule has 1 aliphatic rings. The third-order valence-corrected chi connectivity index (χ3v) is 1.99. The van der Waals surface area contributed by atoms with E-state index in [2.05, 4.69) is 4.18 Å². The van der Waals surface area contributed by atoms with Gasteiger partial charge in [0.15, 0.2) is 5.37 Å². The van der Waals surface area contributed by atoms with Gasteiger partial charge in [0.25, 0.3) is 0 Å². The molecule has 0 spiro atoms. The van der Waals surface area contributed by atoms with Gasteiger partial charge in [-0.15, -0.1) is 0 Å². The lowest BCUT2D eigenvalue weighted by atomic mass is 10.6. The molecule has 0 amide bonds. The molecule has 5 heteroatoms. The van der Waals surface area contributed by atoms with Gasteiger partial charge in [-0.1, -0.05) is 0 Å². The zero-order chi connectivity index (χ0) is 6.20. The molecule has 2 N–H and O–H groups in total. The van der Waals surface area contributed by atoms with Crippen molar-refractivity contribution in [1.29, 1.82) is 0 Å². The minimum atomic E-state index is -3.46. The van der Waals surface area contributed by atoms with E-state index in [9.17, 15) is 8.42 Å². The zero-order valence-electron chi connectivity index (χ0n) is 3.94. The van der Waals surface area contributed by atoms with E-state index in [0.29, 0.717) is 0 Å². The van der Waals surface area contributed by atoms with Gasteiger partial charge in [-0.3, -0.25) is 0 Å². The number of hydrogen-bond acceptors (Lipinski definition) is 4. The van der Waals surface area contributed by atoms with E-state index in [1.165, 1.54) is 6.08 Å². The van der Waals surface area contributed by atoms with Gasteiger partial charge in [-0.05, 0) is 6.08 Å². The van der Waals surface area contributed by atoms with Gasteiger partial charge in [0.2, 0.25) is 0 Å². The third kappa shape index (κ3) is 0.696. The number of rotatable bonds is 0. The first-order valence-electron chi connectivity index (χ1n) is 1.97. The highest BCUT2D eigenvalue weighted by Crippen LogP contribution is 2.07. The van der Waals surface area contributed by atoms with Gasteiger partial charge in [-0.25, -0.2) is 0 Å². The van der Waals surface area contributed by atoms with Crippen molar-refractivity contribution < 1.29 is 12.6 Å². The Morgan fingerprint density at radius 1 is 1.62 bits per heavy atom. The summed E-state index contributed by atoms with van der Waals surface area (Å²) in [6.45, 7) is 0. The molecule has 1 unspecified atom stereocenters. The topological polar surface area (TPSA) is 69.4 Å². The second-order valence-corrected chi connectivity index (χ2v) is 3.10. The van der Waals surface area contributed by atoms with Crippen LogP contribution in [-0.4, -0.2) is 13.8 Å². The SMILES string of the molecule is NC1C=COS1(=O)=O. The van der Waals surface area contributed by atoms with Crippen LogP contribution in [-0.2, 0) is 14.3 Å². The van der Waals surface area contributed by atoms with Gasteiger partial charge in [-0.2, -0.15) is 8.42 Å². The van der Waals surface area contributed by atoms with Crippen LogP contribution >= 0.6 is 0 Å². The average Bonchev–Trinajstić information content (AvgIpc) is 1.86. The highest BCUT2D eigenvalue weighted by atomic mass is 32.2. The maximum atomic E-state index is 10.4. The summed E-state index contributed by atoms with van der Waals surface area (Å²) < 4.78 is 24.8. The lowest BCUT2D eigenvalue weighted by Crippen LogP contribution is -2.24. The van der Waals surface area contributed by atoms with Crippen LogP contribution in [0.2, 0.25) is 0 Å². The molecule has 1 heterocycles. The Bertz CT molecular complexity index is 205. The molecular formula is C3H5NO3S. The molecule has 1 aliphatic heterocycles. The fraction of sp³-hybridized carbons (Fsp3) is 0.333. The fourth-order valence-corrected chi connectivity index (χ4v) is 0.951. The Morgan fingerprint density at radius 3 is 2.38 bits per heavy atom. The zero-order valence-corrected chi connectivity index (χ0v) is 4.76. The molecule has 8 heavy (non-hydrogen) atoms. The van der Waals surface area contributed by atoms with Crippen LogP contribution in [0.15, 0.2) is 12.3 Å². The standard InChI is InChI=1S/C3H5NO3S/c4-3-1-2-7-8(3,5)6/h1-3H,4H2. The molecular weight excluding hydrogens is 130 g/mol. The summed E-state index contributed by atoms with van der Waals surface area (Å²) in [6.07, 6.45) is 2.34. The predicted octanol–water partition coefficient (Wildman–Crippen LogP) is -0.855. The molecule has 0 aromatic heterocycles. The molecule has 0 bridgehead atoms. The summed E-state index contributed by atoms with van der Waals surface area (Å²) in [7, 11) is -3.46. The highest BCUT2D eigenvalue weighted by molar-refractivity contribution is 7.87. The first-order valence-corrected chi connectivity index (χ1v) is 3.44. The summed E-state index contributed by atoms with van der Waals surface area (Å²) in [5.41, 5.74) is 5.01. The Kier molecular flexibility index (Phi) is 1.02. The molecule has 1 rings (SSSR count). The summed E-state index contributed by atoms with van der Waals surface area (Å²) in [5, 5.41) is -0.970. The predicted molar refractivity (Wildman–Crippen MR) is 27.1 cm³/mol. The fourth-order valence-electron chi connectivity index (χ4n) is 0.347. The van der Waals surface area contributed by atoms with Gasteiger partial charge in [0, 0.05) is 0 Å². The number of hydrogen-bond donors (Lipinski definition) is 1. The third-order valence-electron chi connectivity index (χ3n) is 0.791. The summed E-state index contributed by atoms with van der Waals surface area (Å²) in [4.78, 5) is 0. The molecule has 1 atom stereocenters. The van der Waals surface area contributed by atoms with E-state index < -0.39 is 15.5 Å². The van der Waals surface area contributed by atoms with Crippen molar-refractivity contribution in [1.82, 2.24) is 0 Å². The van der Waals surface area contributed by atoms with Crippen LogP contribution in [0.3, 0.4) is 0 Å². The molecule has 0 aromatic rings. The monoisotopic (exact) mass is 135 g/mol. The smallest absolute Gasteiger partial charge is 0.328 e. The first-order chi connectivity index (χ1) is 3.63. The van der Waals surface area contributed by atoms with Crippen molar-refractivity contribution in [3.8, 4) is 0 Å². The second-order valence-electron chi connectivity index (χ2n) is 1.38. The largest absolute Gasteiger partial charge is 0.389 e. The quantitative estimate of drug-likeness (QED) is 0.439. The van der Waals surface area contributed by atoms with Gasteiger partial charge in [0.05, 0.1) is 0 Å². The molecule has 0 radical (unpaired) electrons. The van der Waals surface area contributed by atoms with Crippen molar-refractivity contribution in [3.05, 3.63) is 12.3 Å². The molecule has 4 nitrogen and oxygen atoms in total. The van der Waals surface area contributed by atoms with Crippen molar-refractivity contribution in [2.75, 3.05) is 0 Å². The summed E-state index contributed by atoms with van der Waals surface area (Å²) in [6, 6.07) is 0. The lowest BCUT2D eigenvalue weighted by Gasteiger charge is -1.95. The van der Waals surface area contributed by atoms with E-state index >= 15 is 0 Å². The van der Waals surface area contributed by atoms with Crippen molar-refractivity contribution in [2.45, 2.75) is 5.37 Å². The van der Waals surface area contributed by atoms with E-state index in [-0.39, 0.29) is 0 Å². The Balaban J connectivity index is 2.96. The maximum absolute atomic E-state index is 10.4. The normalized spacial score (nSPS) is 32.4. The molecule has 0 aliphatic carbocycles. The molecule has 46 valence electrons. The van der Waals surface area contributed by atoms with Gasteiger partial charge >= 0.3 is 10.1 Å². The van der Waals surface area contributed by atoms with E-state index in [1.54, 1.807) is 0 Å². The Hall–Kier alpha value is -0.550. The van der Waals surface area contributed by atoms with E-state index in [0.717, 1.165) is 6.26 Å². The lowest BCUT2D eigenvalue weighted by molar-refractivity contribution is 0.453. The summed E-state index contributed by atoms with van der Waals surface area (Å²) >= 11 is 0. The molecule has 0 saturated heterocycles. The van der Waals surface area contributed by atoms with E-state index in [4.69, 9.17) is 5.73 Å². The first kappa shape index (κ1) is 5.58. The van der Waals surface area contributed by atoms with Crippen molar-refractivity contribution >= 4 is 10.1 Å². The van der Waals surface area contributed by atoms with Crippen LogP contribution < -0.4 is 5.73 Å². The van der Waals surface area contributed by atoms with Crippen LogP contribution in [0.4, 0.5) is 0 Å². The van der Waals surface area contributed by atoms with Crippen LogP contribution in [0.25, 0.3) is 0 Å². The highest BCUT2D eigenvalue weighted by Gasteiger charge is 2.23. The number of nitrogens with two attached hydrogens (primary N) is 1. The van der Waals surface area contributed by atoms with Crippen LogP contribution in [0.1, 0.15) is 0 Å². The second kappa shape index (κ2) is 1.46. The van der Waals surface area contributed by atoms with E-state index in [1.807, 2.05) is 0 Å². The Labute approximate surface area is 47.1 Å². The van der Waals surface area contributed by atoms with Crippen LogP contribution in [0, 0.1) is 0 Å². The maximum Gasteiger partial charge on any atom is 0.328 e. The van der Waals surface area contributed by atoms with Crippen molar-refractivity contribution in [3.63, 3.8) is 0 Å². The summed E-state index contributed by atoms with van der Waals surface area (Å²) in [5.74, 6) is 0. The Morgan fingerprint density at radius 2 is 2.25 bits per heavy atom. The van der Waals surface area contributed by atoms with Gasteiger partial charge < -0.3 is 9.92 Å². The molecule has 0 saturated carbocycles. The average molecular weight is 135 g/mol. The minimum Gasteiger partial charge on any atom is -0.389 e.